The molecule has 0 unspecified atom stereocenters. The van der Waals surface area contributed by atoms with Gasteiger partial charge in [0.1, 0.15) is 11.1 Å². The lowest BCUT2D eigenvalue weighted by atomic mass is 9.97. The molecule has 1 aliphatic rings. The van der Waals surface area contributed by atoms with Crippen LogP contribution in [0.3, 0.4) is 0 Å². The molecule has 0 atom stereocenters. The van der Waals surface area contributed by atoms with Crippen molar-refractivity contribution in [2.24, 2.45) is 0 Å². The fourth-order valence-electron chi connectivity index (χ4n) is 2.59. The third-order valence-electron chi connectivity index (χ3n) is 4.05. The van der Waals surface area contributed by atoms with Gasteiger partial charge in [-0.2, -0.15) is 0 Å². The molecule has 1 aromatic rings. The molecule has 1 fully saturated rings. The minimum Gasteiger partial charge on any atom is -0.465 e. The van der Waals surface area contributed by atoms with Gasteiger partial charge in [-0.05, 0) is 46.2 Å². The van der Waals surface area contributed by atoms with Crippen molar-refractivity contribution < 1.29 is 28.5 Å². The van der Waals surface area contributed by atoms with Crippen LogP contribution in [0, 0.1) is 0 Å². The fraction of sp³-hybridized carbons (Fsp3) is 0.524. The van der Waals surface area contributed by atoms with Crippen LogP contribution in [0.25, 0.3) is 6.08 Å². The SMILES string of the molecule is COC(=O)c1ccccc1/C=C/C1(NC(=O)OC(C)(C)C)COC(C)(C)OC1. The molecule has 0 bridgehead atoms. The van der Waals surface area contributed by atoms with E-state index in [1.807, 2.05) is 6.07 Å². The Bertz CT molecular complexity index is 738. The lowest BCUT2D eigenvalue weighted by molar-refractivity contribution is -0.263. The molecule has 1 aliphatic heterocycles. The summed E-state index contributed by atoms with van der Waals surface area (Å²) < 4.78 is 21.7. The van der Waals surface area contributed by atoms with E-state index in [-0.39, 0.29) is 13.2 Å². The molecule has 1 N–H and O–H groups in total. The van der Waals surface area contributed by atoms with Crippen LogP contribution in [0.15, 0.2) is 30.3 Å². The first-order chi connectivity index (χ1) is 13.0. The molecule has 0 saturated carbocycles. The van der Waals surface area contributed by atoms with E-state index in [9.17, 15) is 9.59 Å². The standard InChI is InChI=1S/C21H29NO6/c1-19(2,3)28-18(24)22-21(13-26-20(4,5)27-14-21)12-11-15-9-7-8-10-16(15)17(23)25-6/h7-12H,13-14H2,1-6H3,(H,22,24)/b12-11+. The Kier molecular flexibility index (Phi) is 6.52. The number of ether oxygens (including phenoxy) is 4. The summed E-state index contributed by atoms with van der Waals surface area (Å²) in [6, 6.07) is 7.04. The highest BCUT2D eigenvalue weighted by Gasteiger charge is 2.40. The summed E-state index contributed by atoms with van der Waals surface area (Å²) in [5.74, 6) is -1.19. The van der Waals surface area contributed by atoms with Crippen molar-refractivity contribution in [3.05, 3.63) is 41.5 Å². The van der Waals surface area contributed by atoms with Crippen molar-refractivity contribution in [3.8, 4) is 0 Å². The Hall–Kier alpha value is -2.38. The summed E-state index contributed by atoms with van der Waals surface area (Å²) in [6.07, 6.45) is 2.92. The highest BCUT2D eigenvalue weighted by Crippen LogP contribution is 2.26. The lowest BCUT2D eigenvalue weighted by Gasteiger charge is -2.42. The Morgan fingerprint density at radius 3 is 2.32 bits per heavy atom. The Labute approximate surface area is 166 Å². The van der Waals surface area contributed by atoms with Crippen molar-refractivity contribution in [1.29, 1.82) is 0 Å². The van der Waals surface area contributed by atoms with Gasteiger partial charge in [0.25, 0.3) is 0 Å². The van der Waals surface area contributed by atoms with Crippen molar-refractivity contribution in [2.75, 3.05) is 20.3 Å². The van der Waals surface area contributed by atoms with Crippen LogP contribution in [0.1, 0.15) is 50.5 Å². The predicted octanol–water partition coefficient (Wildman–Crippen LogP) is 3.53. The first-order valence-corrected chi connectivity index (χ1v) is 9.11. The molecule has 0 aromatic heterocycles. The molecule has 1 saturated heterocycles. The van der Waals surface area contributed by atoms with Crippen LogP contribution in [0.5, 0.6) is 0 Å². The second-order valence-corrected chi connectivity index (χ2v) is 8.17. The lowest BCUT2D eigenvalue weighted by Crippen LogP contribution is -2.60. The number of rotatable bonds is 4. The van der Waals surface area contributed by atoms with Gasteiger partial charge in [-0.15, -0.1) is 0 Å². The number of nitrogens with one attached hydrogen (secondary N) is 1. The molecule has 1 amide bonds. The summed E-state index contributed by atoms with van der Waals surface area (Å²) in [5, 5.41) is 2.85. The summed E-state index contributed by atoms with van der Waals surface area (Å²) in [6.45, 7) is 9.36. The van der Waals surface area contributed by atoms with Crippen LogP contribution < -0.4 is 5.32 Å². The Balaban J connectivity index is 2.29. The van der Waals surface area contributed by atoms with Gasteiger partial charge in [0.05, 0.1) is 25.9 Å². The molecule has 154 valence electrons. The monoisotopic (exact) mass is 391 g/mol. The molecule has 7 nitrogen and oxygen atoms in total. The Morgan fingerprint density at radius 2 is 1.75 bits per heavy atom. The van der Waals surface area contributed by atoms with E-state index < -0.39 is 29.0 Å². The van der Waals surface area contributed by atoms with Gasteiger partial charge in [0.15, 0.2) is 5.79 Å². The zero-order chi connectivity index (χ0) is 21.0. The van der Waals surface area contributed by atoms with E-state index in [4.69, 9.17) is 18.9 Å². The minimum absolute atomic E-state index is 0.191. The van der Waals surface area contributed by atoms with E-state index in [1.54, 1.807) is 65.0 Å². The second-order valence-electron chi connectivity index (χ2n) is 8.17. The van der Waals surface area contributed by atoms with Crippen LogP contribution >= 0.6 is 0 Å². The summed E-state index contributed by atoms with van der Waals surface area (Å²) in [7, 11) is 1.33. The van der Waals surface area contributed by atoms with Crippen molar-refractivity contribution in [1.82, 2.24) is 5.32 Å². The van der Waals surface area contributed by atoms with E-state index in [2.05, 4.69) is 5.32 Å². The van der Waals surface area contributed by atoms with Gasteiger partial charge >= 0.3 is 12.1 Å². The highest BCUT2D eigenvalue weighted by atomic mass is 16.7. The van der Waals surface area contributed by atoms with Crippen molar-refractivity contribution in [3.63, 3.8) is 0 Å². The van der Waals surface area contributed by atoms with Gasteiger partial charge < -0.3 is 24.3 Å². The molecule has 0 spiro atoms. The van der Waals surface area contributed by atoms with E-state index in [0.717, 1.165) is 0 Å². The molecule has 28 heavy (non-hydrogen) atoms. The molecule has 1 heterocycles. The van der Waals surface area contributed by atoms with Gasteiger partial charge in [-0.1, -0.05) is 30.4 Å². The van der Waals surface area contributed by atoms with Crippen LogP contribution in [-0.4, -0.2) is 49.3 Å². The molecule has 7 heteroatoms. The van der Waals surface area contributed by atoms with Gasteiger partial charge in [-0.3, -0.25) is 0 Å². The van der Waals surface area contributed by atoms with E-state index in [1.165, 1.54) is 7.11 Å². The zero-order valence-electron chi connectivity index (χ0n) is 17.3. The van der Waals surface area contributed by atoms with E-state index >= 15 is 0 Å². The highest BCUT2D eigenvalue weighted by molar-refractivity contribution is 5.93. The average Bonchev–Trinajstić information content (AvgIpc) is 2.60. The molecular formula is C21H29NO6. The first-order valence-electron chi connectivity index (χ1n) is 9.11. The van der Waals surface area contributed by atoms with Crippen molar-refractivity contribution >= 4 is 18.1 Å². The summed E-state index contributed by atoms with van der Waals surface area (Å²) in [5.41, 5.74) is -0.500. The smallest absolute Gasteiger partial charge is 0.408 e. The third kappa shape index (κ3) is 6.07. The number of carbonyl (C=O) groups excluding carboxylic acids is 2. The number of methoxy groups -OCH3 is 1. The first kappa shape index (κ1) is 21.9. The molecule has 2 rings (SSSR count). The van der Waals surface area contributed by atoms with Crippen LogP contribution in [0.2, 0.25) is 0 Å². The van der Waals surface area contributed by atoms with Crippen LogP contribution in [-0.2, 0) is 18.9 Å². The fourth-order valence-corrected chi connectivity index (χ4v) is 2.59. The van der Waals surface area contributed by atoms with Gasteiger partial charge in [-0.25, -0.2) is 9.59 Å². The zero-order valence-corrected chi connectivity index (χ0v) is 17.3. The number of carbonyl (C=O) groups is 2. The summed E-state index contributed by atoms with van der Waals surface area (Å²) >= 11 is 0. The Morgan fingerprint density at radius 1 is 1.14 bits per heavy atom. The maximum atomic E-state index is 12.4. The normalized spacial score (nSPS) is 18.5. The third-order valence-corrected chi connectivity index (χ3v) is 4.05. The quantitative estimate of drug-likeness (QED) is 0.791. The number of amides is 1. The predicted molar refractivity (Wildman–Crippen MR) is 105 cm³/mol. The van der Waals surface area contributed by atoms with Crippen LogP contribution in [0.4, 0.5) is 4.79 Å². The number of benzene rings is 1. The molecule has 1 aromatic carbocycles. The maximum absolute atomic E-state index is 12.4. The summed E-state index contributed by atoms with van der Waals surface area (Å²) in [4.78, 5) is 24.4. The minimum atomic E-state index is -0.943. The molecule has 0 aliphatic carbocycles. The van der Waals surface area contributed by atoms with E-state index in [0.29, 0.717) is 11.1 Å². The number of alkyl carbamates (subject to hydrolysis) is 1. The van der Waals surface area contributed by atoms with Gasteiger partial charge in [0.2, 0.25) is 0 Å². The van der Waals surface area contributed by atoms with Crippen molar-refractivity contribution in [2.45, 2.75) is 51.5 Å². The number of hydrogen-bond donors (Lipinski definition) is 1. The molecule has 0 radical (unpaired) electrons. The average molecular weight is 391 g/mol. The topological polar surface area (TPSA) is 83.1 Å². The second kappa shape index (κ2) is 8.32. The van der Waals surface area contributed by atoms with Gasteiger partial charge in [0, 0.05) is 0 Å². The maximum Gasteiger partial charge on any atom is 0.408 e. The largest absolute Gasteiger partial charge is 0.465 e. The number of esters is 1. The number of hydrogen-bond acceptors (Lipinski definition) is 6. The molecular weight excluding hydrogens is 362 g/mol.